The highest BCUT2D eigenvalue weighted by Gasteiger charge is 2.49. The Kier molecular flexibility index (Phi) is 6.24. The molecule has 1 saturated carbocycles. The van der Waals surface area contributed by atoms with Crippen LogP contribution in [0.3, 0.4) is 0 Å². The molecule has 180 valence electrons. The zero-order chi connectivity index (χ0) is 24.8. The number of nitrogens with one attached hydrogen (secondary N) is 1. The molecule has 1 amide bonds. The molecule has 0 saturated heterocycles. The van der Waals surface area contributed by atoms with E-state index < -0.39 is 61.1 Å². The second-order valence-corrected chi connectivity index (χ2v) is 10.8. The van der Waals surface area contributed by atoms with E-state index in [1.165, 1.54) is 13.8 Å². The molecule has 3 rings (SSSR count). The van der Waals surface area contributed by atoms with Crippen LogP contribution in [0.4, 0.5) is 26.3 Å². The Morgan fingerprint density at radius 2 is 1.58 bits per heavy atom. The van der Waals surface area contributed by atoms with Crippen molar-refractivity contribution in [3.05, 3.63) is 53.6 Å². The zero-order valence-corrected chi connectivity index (χ0v) is 18.1. The van der Waals surface area contributed by atoms with Gasteiger partial charge in [-0.15, -0.1) is 0 Å². The molecule has 1 heterocycles. The summed E-state index contributed by atoms with van der Waals surface area (Å²) in [6, 6.07) is 3.06. The van der Waals surface area contributed by atoms with E-state index in [2.05, 4.69) is 15.3 Å². The van der Waals surface area contributed by atoms with Crippen molar-refractivity contribution in [2.24, 2.45) is 5.92 Å². The molecule has 1 aliphatic carbocycles. The Balaban J connectivity index is 1.66. The monoisotopic (exact) mass is 495 g/mol. The topological polar surface area (TPSA) is 89.0 Å². The average molecular weight is 495 g/mol. The fourth-order valence-electron chi connectivity index (χ4n) is 3.53. The normalized spacial score (nSPS) is 19.6. The van der Waals surface area contributed by atoms with Crippen molar-refractivity contribution >= 4 is 15.7 Å². The number of aromatic nitrogens is 2. The maximum Gasteiger partial charge on any atom is 0.451 e. The van der Waals surface area contributed by atoms with Crippen LogP contribution < -0.4 is 5.32 Å². The van der Waals surface area contributed by atoms with Gasteiger partial charge in [0.15, 0.2) is 9.84 Å². The highest BCUT2D eigenvalue weighted by Crippen LogP contribution is 2.44. The molecule has 6 nitrogen and oxygen atoms in total. The van der Waals surface area contributed by atoms with Crippen molar-refractivity contribution in [3.63, 3.8) is 0 Å². The van der Waals surface area contributed by atoms with E-state index in [1.807, 2.05) is 0 Å². The van der Waals surface area contributed by atoms with Crippen LogP contribution in [0.15, 0.2) is 41.6 Å². The highest BCUT2D eigenvalue weighted by atomic mass is 32.2. The molecular weight excluding hydrogens is 476 g/mol. The largest absolute Gasteiger partial charge is 0.451 e. The standard InChI is InChI=1S/C20H19F6N3O3S/c1-18(2,33(31,32)15-5-3-4-12(8-15)19(21,22)23)13-6-14(7-13)29-16(30)11-9-27-17(28-10-11)20(24,25)26/h3-5,8-10,13-14H,6-7H2,1-2H3,(H,29,30)/t13-,14+. The van der Waals surface area contributed by atoms with Gasteiger partial charge in [-0.3, -0.25) is 4.79 Å². The Bertz CT molecular complexity index is 1140. The summed E-state index contributed by atoms with van der Waals surface area (Å²) in [7, 11) is -4.14. The summed E-state index contributed by atoms with van der Waals surface area (Å²) in [6.07, 6.45) is -7.51. The Labute approximate surface area is 185 Å². The molecule has 0 spiro atoms. The van der Waals surface area contributed by atoms with Crippen molar-refractivity contribution in [3.8, 4) is 0 Å². The quantitative estimate of drug-likeness (QED) is 0.626. The molecule has 0 unspecified atom stereocenters. The van der Waals surface area contributed by atoms with Gasteiger partial charge in [-0.2, -0.15) is 26.3 Å². The molecule has 1 aromatic carbocycles. The number of carbonyl (C=O) groups is 1. The first-order chi connectivity index (χ1) is 15.0. The lowest BCUT2D eigenvalue weighted by Crippen LogP contribution is -2.53. The number of halogens is 6. The van der Waals surface area contributed by atoms with E-state index in [0.29, 0.717) is 6.07 Å². The number of hydrogen-bond donors (Lipinski definition) is 1. The predicted molar refractivity (Wildman–Crippen MR) is 104 cm³/mol. The van der Waals surface area contributed by atoms with E-state index in [4.69, 9.17) is 0 Å². The van der Waals surface area contributed by atoms with Gasteiger partial charge in [-0.1, -0.05) is 6.07 Å². The third kappa shape index (κ3) is 4.97. The number of sulfone groups is 1. The van der Waals surface area contributed by atoms with Gasteiger partial charge in [0.05, 0.1) is 20.8 Å². The number of carbonyl (C=O) groups excluding carboxylic acids is 1. The maximum atomic E-state index is 13.1. The first-order valence-corrected chi connectivity index (χ1v) is 11.1. The van der Waals surface area contributed by atoms with Crippen molar-refractivity contribution in [2.45, 2.75) is 54.7 Å². The minimum atomic E-state index is -4.74. The van der Waals surface area contributed by atoms with Crippen molar-refractivity contribution in [2.75, 3.05) is 0 Å². The summed E-state index contributed by atoms with van der Waals surface area (Å²) < 4.78 is 101. The van der Waals surface area contributed by atoms with Crippen LogP contribution in [0.1, 0.15) is 48.4 Å². The summed E-state index contributed by atoms with van der Waals surface area (Å²) in [4.78, 5) is 18.0. The minimum absolute atomic E-state index is 0.192. The summed E-state index contributed by atoms with van der Waals surface area (Å²) in [5.74, 6) is -2.57. The van der Waals surface area contributed by atoms with E-state index in [1.54, 1.807) is 0 Å². The van der Waals surface area contributed by atoms with Crippen LogP contribution in [0, 0.1) is 5.92 Å². The number of benzene rings is 1. The van der Waals surface area contributed by atoms with E-state index in [9.17, 15) is 39.6 Å². The number of alkyl halides is 6. The van der Waals surface area contributed by atoms with Crippen molar-refractivity contribution in [1.82, 2.24) is 15.3 Å². The molecule has 1 aromatic heterocycles. The summed E-state index contributed by atoms with van der Waals surface area (Å²) >= 11 is 0. The predicted octanol–water partition coefficient (Wildman–Crippen LogP) is 4.28. The molecule has 1 aliphatic rings. The van der Waals surface area contributed by atoms with Crippen LogP contribution in [-0.4, -0.2) is 35.1 Å². The molecule has 2 aromatic rings. The fraction of sp³-hybridized carbons (Fsp3) is 0.450. The molecular formula is C20H19F6N3O3S. The van der Waals surface area contributed by atoms with Gasteiger partial charge in [0.25, 0.3) is 5.91 Å². The van der Waals surface area contributed by atoms with Gasteiger partial charge in [0, 0.05) is 18.4 Å². The van der Waals surface area contributed by atoms with Crippen LogP contribution in [0.5, 0.6) is 0 Å². The molecule has 0 aliphatic heterocycles. The number of rotatable bonds is 5. The molecule has 33 heavy (non-hydrogen) atoms. The van der Waals surface area contributed by atoms with Crippen molar-refractivity contribution < 1.29 is 39.6 Å². The lowest BCUT2D eigenvalue weighted by atomic mass is 9.73. The van der Waals surface area contributed by atoms with Crippen LogP contribution in [-0.2, 0) is 22.2 Å². The third-order valence-electron chi connectivity index (χ3n) is 5.79. The Morgan fingerprint density at radius 1 is 1.00 bits per heavy atom. The van der Waals surface area contributed by atoms with Gasteiger partial charge in [-0.25, -0.2) is 18.4 Å². The molecule has 1 N–H and O–H groups in total. The number of amides is 1. The smallest absolute Gasteiger partial charge is 0.349 e. The summed E-state index contributed by atoms with van der Waals surface area (Å²) in [5, 5.41) is 2.57. The molecule has 1 fully saturated rings. The van der Waals surface area contributed by atoms with E-state index in [0.717, 1.165) is 30.6 Å². The first-order valence-electron chi connectivity index (χ1n) is 9.65. The van der Waals surface area contributed by atoms with Gasteiger partial charge in [0.2, 0.25) is 5.82 Å². The third-order valence-corrected chi connectivity index (χ3v) is 8.38. The van der Waals surface area contributed by atoms with Crippen molar-refractivity contribution in [1.29, 1.82) is 0 Å². The van der Waals surface area contributed by atoms with E-state index in [-0.39, 0.29) is 18.4 Å². The SMILES string of the molecule is CC(C)([C@H]1C[C@@H](NC(=O)c2cnc(C(F)(F)F)nc2)C1)S(=O)(=O)c1cccc(C(F)(F)F)c1. The van der Waals surface area contributed by atoms with Crippen LogP contribution >= 0.6 is 0 Å². The minimum Gasteiger partial charge on any atom is -0.349 e. The van der Waals surface area contributed by atoms with E-state index >= 15 is 0 Å². The van der Waals surface area contributed by atoms with Gasteiger partial charge < -0.3 is 5.32 Å². The number of hydrogen-bond acceptors (Lipinski definition) is 5. The first kappa shape index (κ1) is 24.9. The molecule has 0 atom stereocenters. The van der Waals surface area contributed by atoms with Crippen LogP contribution in [0.2, 0.25) is 0 Å². The molecule has 0 bridgehead atoms. The second kappa shape index (κ2) is 8.26. The Morgan fingerprint density at radius 3 is 2.09 bits per heavy atom. The van der Waals surface area contributed by atoms with Crippen LogP contribution in [0.25, 0.3) is 0 Å². The van der Waals surface area contributed by atoms with Gasteiger partial charge in [-0.05, 0) is 50.8 Å². The zero-order valence-electron chi connectivity index (χ0n) is 17.3. The van der Waals surface area contributed by atoms with Gasteiger partial charge >= 0.3 is 12.4 Å². The molecule has 0 radical (unpaired) electrons. The average Bonchev–Trinajstić information content (AvgIpc) is 2.68. The second-order valence-electron chi connectivity index (χ2n) is 8.26. The summed E-state index contributed by atoms with van der Waals surface area (Å²) in [6.45, 7) is 2.82. The maximum absolute atomic E-state index is 13.1. The fourth-order valence-corrected chi connectivity index (χ4v) is 5.31. The summed E-state index contributed by atoms with van der Waals surface area (Å²) in [5.41, 5.74) is -1.26. The number of nitrogens with zero attached hydrogens (tertiary/aromatic N) is 2. The Hall–Kier alpha value is -2.70. The molecule has 13 heteroatoms. The highest BCUT2D eigenvalue weighted by molar-refractivity contribution is 7.92. The lowest BCUT2D eigenvalue weighted by molar-refractivity contribution is -0.145. The van der Waals surface area contributed by atoms with Gasteiger partial charge in [0.1, 0.15) is 0 Å². The lowest BCUT2D eigenvalue weighted by Gasteiger charge is -2.45.